The van der Waals surface area contributed by atoms with E-state index in [0.717, 1.165) is 10.9 Å². The molecule has 0 amide bonds. The van der Waals surface area contributed by atoms with Crippen LogP contribution in [0.5, 0.6) is 0 Å². The largest absolute Gasteiger partial charge is 0.293 e. The molecule has 3 rings (SSSR count). The highest BCUT2D eigenvalue weighted by atomic mass is 19.1. The number of ketones is 1. The van der Waals surface area contributed by atoms with Crippen molar-refractivity contribution in [3.05, 3.63) is 65.6 Å². The number of hydrogen-bond donors (Lipinski definition) is 0. The van der Waals surface area contributed by atoms with Crippen molar-refractivity contribution in [1.29, 1.82) is 5.26 Å². The van der Waals surface area contributed by atoms with Gasteiger partial charge in [0.1, 0.15) is 17.6 Å². The smallest absolute Gasteiger partial charge is 0.178 e. The Hall–Kier alpha value is -3.06. The van der Waals surface area contributed by atoms with Crippen LogP contribution in [-0.4, -0.2) is 10.8 Å². The Morgan fingerprint density at radius 2 is 1.95 bits per heavy atom. The van der Waals surface area contributed by atoms with Crippen LogP contribution in [0.2, 0.25) is 0 Å². The van der Waals surface area contributed by atoms with Crippen LogP contribution in [-0.2, 0) is 0 Å². The Labute approximate surface area is 126 Å². The number of pyridine rings is 1. The number of fused-ring (bicyclic) bond motifs is 1. The monoisotopic (exact) mass is 290 g/mol. The minimum Gasteiger partial charge on any atom is -0.293 e. The van der Waals surface area contributed by atoms with Gasteiger partial charge in [-0.1, -0.05) is 24.3 Å². The van der Waals surface area contributed by atoms with E-state index in [2.05, 4.69) is 4.98 Å². The average molecular weight is 290 g/mol. The molecule has 0 bridgehead atoms. The maximum Gasteiger partial charge on any atom is 0.178 e. The Morgan fingerprint density at radius 3 is 2.68 bits per heavy atom. The molecule has 0 aliphatic heterocycles. The van der Waals surface area contributed by atoms with Crippen LogP contribution in [0.1, 0.15) is 23.0 Å². The Morgan fingerprint density at radius 1 is 1.18 bits per heavy atom. The maximum atomic E-state index is 13.5. The number of nitriles is 1. The molecule has 1 heterocycles. The van der Waals surface area contributed by atoms with Crippen molar-refractivity contribution >= 4 is 16.7 Å². The Kier molecular flexibility index (Phi) is 3.40. The van der Waals surface area contributed by atoms with Gasteiger partial charge < -0.3 is 0 Å². The van der Waals surface area contributed by atoms with E-state index in [-0.39, 0.29) is 11.3 Å². The number of Topliss-reactive ketones (excluding diaryl/α,β-unsaturated/α-hetero) is 1. The first-order chi connectivity index (χ1) is 10.6. The van der Waals surface area contributed by atoms with Gasteiger partial charge in [-0.25, -0.2) is 9.37 Å². The van der Waals surface area contributed by atoms with Gasteiger partial charge in [-0.05, 0) is 35.4 Å². The van der Waals surface area contributed by atoms with Crippen LogP contribution in [0.3, 0.4) is 0 Å². The molecular formula is C18H11FN2O. The van der Waals surface area contributed by atoms with Gasteiger partial charge in [-0.2, -0.15) is 5.26 Å². The molecule has 0 atom stereocenters. The molecule has 22 heavy (non-hydrogen) atoms. The lowest BCUT2D eigenvalue weighted by molar-refractivity contribution is 0.101. The molecule has 1 aromatic heterocycles. The lowest BCUT2D eigenvalue weighted by Gasteiger charge is -2.09. The molecule has 0 spiro atoms. The third-order valence-corrected chi connectivity index (χ3v) is 3.47. The zero-order valence-corrected chi connectivity index (χ0v) is 11.8. The van der Waals surface area contributed by atoms with Gasteiger partial charge in [0.2, 0.25) is 0 Å². The first-order valence-corrected chi connectivity index (χ1v) is 6.71. The SMILES string of the molecule is CC(=O)c1cc(-c2ccc(F)c(C#N)c2)c2ccccc2n1. The number of para-hydroxylation sites is 1. The van der Waals surface area contributed by atoms with E-state index >= 15 is 0 Å². The summed E-state index contributed by atoms with van der Waals surface area (Å²) in [4.78, 5) is 16.0. The first-order valence-electron chi connectivity index (χ1n) is 6.71. The molecule has 0 fully saturated rings. The van der Waals surface area contributed by atoms with Crippen LogP contribution < -0.4 is 0 Å². The molecule has 0 radical (unpaired) electrons. The van der Waals surface area contributed by atoms with Gasteiger partial charge in [-0.3, -0.25) is 4.79 Å². The molecule has 4 heteroatoms. The molecule has 0 saturated carbocycles. The number of halogens is 1. The third kappa shape index (κ3) is 2.33. The number of hydrogen-bond acceptors (Lipinski definition) is 3. The highest BCUT2D eigenvalue weighted by Gasteiger charge is 2.12. The van der Waals surface area contributed by atoms with E-state index in [1.165, 1.54) is 19.1 Å². The van der Waals surface area contributed by atoms with Crippen LogP contribution in [0.15, 0.2) is 48.5 Å². The van der Waals surface area contributed by atoms with Crippen molar-refractivity contribution in [2.45, 2.75) is 6.92 Å². The molecular weight excluding hydrogens is 279 g/mol. The minimum absolute atomic E-state index is 0.0252. The molecule has 0 N–H and O–H groups in total. The summed E-state index contributed by atoms with van der Waals surface area (Å²) in [5.41, 5.74) is 2.44. The van der Waals surface area contributed by atoms with Crippen LogP contribution in [0.25, 0.3) is 22.0 Å². The predicted octanol–water partition coefficient (Wildman–Crippen LogP) is 4.12. The summed E-state index contributed by atoms with van der Waals surface area (Å²) in [6, 6.07) is 15.3. The molecule has 3 aromatic rings. The number of aromatic nitrogens is 1. The van der Waals surface area contributed by atoms with Gasteiger partial charge in [0.25, 0.3) is 0 Å². The predicted molar refractivity (Wildman–Crippen MR) is 81.9 cm³/mol. The second-order valence-corrected chi connectivity index (χ2v) is 4.93. The molecule has 0 unspecified atom stereocenters. The molecule has 2 aromatic carbocycles. The van der Waals surface area contributed by atoms with Gasteiger partial charge in [-0.15, -0.1) is 0 Å². The highest BCUT2D eigenvalue weighted by molar-refractivity contribution is 6.01. The van der Waals surface area contributed by atoms with E-state index in [0.29, 0.717) is 16.8 Å². The number of rotatable bonds is 2. The number of carbonyl (C=O) groups excluding carboxylic acids is 1. The minimum atomic E-state index is -0.559. The maximum absolute atomic E-state index is 13.5. The summed E-state index contributed by atoms with van der Waals surface area (Å²) >= 11 is 0. The summed E-state index contributed by atoms with van der Waals surface area (Å²) in [5, 5.41) is 9.84. The Balaban J connectivity index is 2.34. The Bertz CT molecular complexity index is 941. The summed E-state index contributed by atoms with van der Waals surface area (Å²) < 4.78 is 13.5. The fraction of sp³-hybridized carbons (Fsp3) is 0.0556. The zero-order chi connectivity index (χ0) is 15.7. The van der Waals surface area contributed by atoms with E-state index in [4.69, 9.17) is 5.26 Å². The summed E-state index contributed by atoms with van der Waals surface area (Å²) in [6.07, 6.45) is 0. The van der Waals surface area contributed by atoms with E-state index < -0.39 is 5.82 Å². The fourth-order valence-corrected chi connectivity index (χ4v) is 2.37. The first kappa shape index (κ1) is 13.9. The van der Waals surface area contributed by atoms with E-state index in [1.807, 2.05) is 30.3 Å². The van der Waals surface area contributed by atoms with Crippen molar-refractivity contribution < 1.29 is 9.18 Å². The third-order valence-electron chi connectivity index (χ3n) is 3.47. The second-order valence-electron chi connectivity index (χ2n) is 4.93. The average Bonchev–Trinajstić information content (AvgIpc) is 2.54. The number of carbonyl (C=O) groups is 1. The highest BCUT2D eigenvalue weighted by Crippen LogP contribution is 2.30. The van der Waals surface area contributed by atoms with Gasteiger partial charge in [0, 0.05) is 12.3 Å². The summed E-state index contributed by atoms with van der Waals surface area (Å²) in [7, 11) is 0. The standard InChI is InChI=1S/C18H11FN2O/c1-11(22)18-9-15(14-4-2-3-5-17(14)21-18)12-6-7-16(19)13(8-12)10-20/h2-9H,1H3. The van der Waals surface area contributed by atoms with Crippen molar-refractivity contribution in [3.8, 4) is 17.2 Å². The van der Waals surface area contributed by atoms with Crippen molar-refractivity contribution in [3.63, 3.8) is 0 Å². The van der Waals surface area contributed by atoms with Crippen LogP contribution in [0, 0.1) is 17.1 Å². The molecule has 0 aliphatic rings. The van der Waals surface area contributed by atoms with Gasteiger partial charge >= 0.3 is 0 Å². The van der Waals surface area contributed by atoms with Crippen molar-refractivity contribution in [1.82, 2.24) is 4.98 Å². The number of benzene rings is 2. The molecule has 0 aliphatic carbocycles. The second kappa shape index (κ2) is 5.38. The quantitative estimate of drug-likeness (QED) is 0.667. The molecule has 0 saturated heterocycles. The van der Waals surface area contributed by atoms with Crippen molar-refractivity contribution in [2.75, 3.05) is 0 Å². The lowest BCUT2D eigenvalue weighted by Crippen LogP contribution is -1.98. The molecule has 3 nitrogen and oxygen atoms in total. The topological polar surface area (TPSA) is 53.8 Å². The molecule has 106 valence electrons. The fourth-order valence-electron chi connectivity index (χ4n) is 2.37. The van der Waals surface area contributed by atoms with Crippen molar-refractivity contribution in [2.24, 2.45) is 0 Å². The summed E-state index contributed by atoms with van der Waals surface area (Å²) in [5.74, 6) is -0.703. The van der Waals surface area contributed by atoms with Crippen LogP contribution in [0.4, 0.5) is 4.39 Å². The van der Waals surface area contributed by atoms with E-state index in [9.17, 15) is 9.18 Å². The normalized spacial score (nSPS) is 10.4. The summed E-state index contributed by atoms with van der Waals surface area (Å²) in [6.45, 7) is 1.45. The van der Waals surface area contributed by atoms with Gasteiger partial charge in [0.05, 0.1) is 11.1 Å². The van der Waals surface area contributed by atoms with Crippen LogP contribution >= 0.6 is 0 Å². The van der Waals surface area contributed by atoms with Gasteiger partial charge in [0.15, 0.2) is 5.78 Å². The lowest BCUT2D eigenvalue weighted by atomic mass is 9.98. The van der Waals surface area contributed by atoms with E-state index in [1.54, 1.807) is 12.1 Å². The zero-order valence-electron chi connectivity index (χ0n) is 11.8. The number of nitrogens with zero attached hydrogens (tertiary/aromatic N) is 2.